The molecule has 0 aliphatic heterocycles. The van der Waals surface area contributed by atoms with Crippen molar-refractivity contribution >= 4 is 18.8 Å². The monoisotopic (exact) mass is 254 g/mol. The Hall–Kier alpha value is -1.53. The summed E-state index contributed by atoms with van der Waals surface area (Å²) in [5.74, 6) is 0. The van der Waals surface area contributed by atoms with Crippen molar-refractivity contribution in [3.63, 3.8) is 0 Å². The van der Waals surface area contributed by atoms with Gasteiger partial charge in [0.15, 0.2) is 7.28 Å². The summed E-state index contributed by atoms with van der Waals surface area (Å²) < 4.78 is 5.11. The number of carbonyl (C=O) groups is 1. The van der Waals surface area contributed by atoms with Crippen LogP contribution in [0.3, 0.4) is 0 Å². The lowest BCUT2D eigenvalue weighted by Crippen LogP contribution is -2.37. The molecule has 0 aromatic heterocycles. The minimum Gasteiger partial charge on any atom is -0.444 e. The Balaban J connectivity index is 0. The third kappa shape index (κ3) is 8.61. The van der Waals surface area contributed by atoms with Gasteiger partial charge in [-0.15, -0.1) is 0 Å². The van der Waals surface area contributed by atoms with Crippen molar-refractivity contribution in [1.29, 1.82) is 0 Å². The van der Waals surface area contributed by atoms with Gasteiger partial charge in [0.05, 0.1) is 0 Å². The fourth-order valence-corrected chi connectivity index (χ4v) is 1.16. The van der Waals surface area contributed by atoms with Gasteiger partial charge in [0.25, 0.3) is 0 Å². The standard InChI is InChI=1S/C12H17BNO2.2H2O/c1-12(2,3)16-11(15)14-9-13-10-7-5-4-6-8-10;;/h4-8H,9H2,1-3H3,(H,14,15);2*1H2. The Morgan fingerprint density at radius 3 is 2.28 bits per heavy atom. The smallest absolute Gasteiger partial charge is 0.406 e. The van der Waals surface area contributed by atoms with Crippen LogP contribution in [0.25, 0.3) is 0 Å². The summed E-state index contributed by atoms with van der Waals surface area (Å²) in [4.78, 5) is 11.3. The molecule has 101 valence electrons. The maximum Gasteiger partial charge on any atom is 0.406 e. The molecule has 0 bridgehead atoms. The normalized spacial score (nSPS) is 9.50. The van der Waals surface area contributed by atoms with Gasteiger partial charge in [-0.25, -0.2) is 4.79 Å². The second-order valence-corrected chi connectivity index (χ2v) is 4.50. The van der Waals surface area contributed by atoms with Crippen LogP contribution >= 0.6 is 0 Å². The van der Waals surface area contributed by atoms with Crippen molar-refractivity contribution in [2.24, 2.45) is 0 Å². The maximum atomic E-state index is 11.3. The van der Waals surface area contributed by atoms with E-state index >= 15 is 0 Å². The van der Waals surface area contributed by atoms with E-state index in [9.17, 15) is 4.79 Å². The molecule has 1 amide bonds. The molecule has 18 heavy (non-hydrogen) atoms. The van der Waals surface area contributed by atoms with Crippen LogP contribution in [0.1, 0.15) is 20.8 Å². The van der Waals surface area contributed by atoms with E-state index in [1.807, 2.05) is 58.4 Å². The fraction of sp³-hybridized carbons (Fsp3) is 0.417. The average molecular weight is 254 g/mol. The predicted molar refractivity (Wildman–Crippen MR) is 73.3 cm³/mol. The van der Waals surface area contributed by atoms with E-state index in [0.717, 1.165) is 5.46 Å². The molecule has 1 radical (unpaired) electrons. The van der Waals surface area contributed by atoms with Gasteiger partial charge in [0.2, 0.25) is 0 Å². The number of ether oxygens (including phenoxy) is 1. The van der Waals surface area contributed by atoms with Crippen LogP contribution in [-0.4, -0.2) is 36.4 Å². The highest BCUT2D eigenvalue weighted by Gasteiger charge is 2.15. The Labute approximate surface area is 108 Å². The molecule has 0 aliphatic carbocycles. The Morgan fingerprint density at radius 2 is 1.78 bits per heavy atom. The summed E-state index contributed by atoms with van der Waals surface area (Å²) in [5, 5.41) is 2.67. The lowest BCUT2D eigenvalue weighted by molar-refractivity contribution is 0.0537. The van der Waals surface area contributed by atoms with Crippen LogP contribution in [0.15, 0.2) is 30.3 Å². The van der Waals surface area contributed by atoms with Crippen LogP contribution in [-0.2, 0) is 4.74 Å². The Bertz CT molecular complexity index is 338. The van der Waals surface area contributed by atoms with Gasteiger partial charge < -0.3 is 21.0 Å². The molecule has 1 aromatic carbocycles. The number of hydrogen-bond donors (Lipinski definition) is 1. The minimum atomic E-state index is -0.448. The second kappa shape index (κ2) is 8.55. The first-order valence-electron chi connectivity index (χ1n) is 5.32. The van der Waals surface area contributed by atoms with Crippen molar-refractivity contribution in [2.75, 3.05) is 6.44 Å². The number of nitrogens with one attached hydrogen (secondary N) is 1. The van der Waals surface area contributed by atoms with Crippen molar-refractivity contribution < 1.29 is 20.5 Å². The number of benzene rings is 1. The summed E-state index contributed by atoms with van der Waals surface area (Å²) >= 11 is 0. The highest BCUT2D eigenvalue weighted by Crippen LogP contribution is 2.05. The van der Waals surface area contributed by atoms with Crippen LogP contribution in [0.5, 0.6) is 0 Å². The van der Waals surface area contributed by atoms with E-state index in [1.165, 1.54) is 0 Å². The highest BCUT2D eigenvalue weighted by molar-refractivity contribution is 6.53. The molecule has 0 aliphatic rings. The first-order valence-corrected chi connectivity index (χ1v) is 5.32. The van der Waals surface area contributed by atoms with Gasteiger partial charge in [0, 0.05) is 0 Å². The third-order valence-electron chi connectivity index (χ3n) is 1.78. The van der Waals surface area contributed by atoms with Crippen molar-refractivity contribution in [1.82, 2.24) is 5.32 Å². The largest absolute Gasteiger partial charge is 0.444 e. The third-order valence-corrected chi connectivity index (χ3v) is 1.78. The summed E-state index contributed by atoms with van der Waals surface area (Å²) in [5.41, 5.74) is 0.634. The molecular weight excluding hydrogens is 233 g/mol. The first kappa shape index (κ1) is 18.8. The highest BCUT2D eigenvalue weighted by atomic mass is 16.6. The number of hydrogen-bond acceptors (Lipinski definition) is 2. The molecule has 0 saturated carbocycles. The lowest BCUT2D eigenvalue weighted by atomic mass is 9.70. The molecule has 0 fully saturated rings. The van der Waals surface area contributed by atoms with Crippen LogP contribution in [0.4, 0.5) is 4.79 Å². The zero-order valence-corrected chi connectivity index (χ0v) is 11.0. The molecular formula is C12H21BNO4. The van der Waals surface area contributed by atoms with E-state index in [0.29, 0.717) is 6.44 Å². The van der Waals surface area contributed by atoms with Crippen LogP contribution in [0.2, 0.25) is 0 Å². The van der Waals surface area contributed by atoms with Gasteiger partial charge in [-0.3, -0.25) is 0 Å². The number of amides is 1. The summed E-state index contributed by atoms with van der Waals surface area (Å²) in [7, 11) is 1.93. The van der Waals surface area contributed by atoms with Gasteiger partial charge >= 0.3 is 6.09 Å². The van der Waals surface area contributed by atoms with E-state index in [-0.39, 0.29) is 17.0 Å². The number of carbonyl (C=O) groups excluding carboxylic acids is 1. The zero-order valence-electron chi connectivity index (χ0n) is 11.0. The molecule has 1 aromatic rings. The zero-order chi connectivity index (χ0) is 12.0. The van der Waals surface area contributed by atoms with Crippen molar-refractivity contribution in [3.05, 3.63) is 30.3 Å². The maximum absolute atomic E-state index is 11.3. The molecule has 5 nitrogen and oxygen atoms in total. The summed E-state index contributed by atoms with van der Waals surface area (Å²) in [6.07, 6.45) is 0.0820. The van der Waals surface area contributed by atoms with Crippen LogP contribution < -0.4 is 10.8 Å². The SMILES string of the molecule is CC(C)(C)OC(=O)NC[B]c1ccccc1.O.O. The first-order chi connectivity index (χ1) is 7.47. The number of rotatable bonds is 3. The van der Waals surface area contributed by atoms with E-state index in [1.54, 1.807) is 0 Å². The lowest BCUT2D eigenvalue weighted by Gasteiger charge is -2.19. The Morgan fingerprint density at radius 1 is 1.22 bits per heavy atom. The van der Waals surface area contributed by atoms with Crippen molar-refractivity contribution in [3.8, 4) is 0 Å². The minimum absolute atomic E-state index is 0. The van der Waals surface area contributed by atoms with E-state index < -0.39 is 5.60 Å². The average Bonchev–Trinajstić information content (AvgIpc) is 2.16. The number of alkyl carbamates (subject to hydrolysis) is 1. The molecule has 6 heteroatoms. The van der Waals surface area contributed by atoms with Crippen molar-refractivity contribution in [2.45, 2.75) is 26.4 Å². The molecule has 0 heterocycles. The fourth-order valence-electron chi connectivity index (χ4n) is 1.16. The second-order valence-electron chi connectivity index (χ2n) is 4.50. The van der Waals surface area contributed by atoms with Crippen LogP contribution in [0, 0.1) is 0 Å². The molecule has 0 atom stereocenters. The summed E-state index contributed by atoms with van der Waals surface area (Å²) in [6, 6.07) is 9.84. The molecule has 1 rings (SSSR count). The predicted octanol–water partition coefficient (Wildman–Crippen LogP) is -0.151. The van der Waals surface area contributed by atoms with Gasteiger partial charge in [0.1, 0.15) is 5.60 Å². The van der Waals surface area contributed by atoms with Gasteiger partial charge in [-0.2, -0.15) is 0 Å². The summed E-state index contributed by atoms with van der Waals surface area (Å²) in [6.45, 7) is 5.52. The molecule has 0 unspecified atom stereocenters. The van der Waals surface area contributed by atoms with E-state index in [4.69, 9.17) is 4.74 Å². The molecule has 0 saturated heterocycles. The molecule has 5 N–H and O–H groups in total. The molecule has 0 spiro atoms. The van der Waals surface area contributed by atoms with Gasteiger partial charge in [-0.05, 0) is 27.2 Å². The van der Waals surface area contributed by atoms with Gasteiger partial charge in [-0.1, -0.05) is 35.8 Å². The van der Waals surface area contributed by atoms with E-state index in [2.05, 4.69) is 5.32 Å². The quantitative estimate of drug-likeness (QED) is 0.758. The Kier molecular flexibility index (Phi) is 8.94. The topological polar surface area (TPSA) is 101 Å².